The van der Waals surface area contributed by atoms with Gasteiger partial charge < -0.3 is 15.4 Å². The first-order chi connectivity index (χ1) is 9.70. The summed E-state index contributed by atoms with van der Waals surface area (Å²) in [7, 11) is 1.74. The number of hydrogen-bond acceptors (Lipinski definition) is 4. The maximum Gasteiger partial charge on any atom is 0.142 e. The Labute approximate surface area is 121 Å². The molecule has 0 aromatic heterocycles. The van der Waals surface area contributed by atoms with Crippen LogP contribution < -0.4 is 15.4 Å². The third-order valence-corrected chi connectivity index (χ3v) is 4.69. The van der Waals surface area contributed by atoms with Crippen molar-refractivity contribution in [1.82, 2.24) is 4.90 Å². The second-order valence-electron chi connectivity index (χ2n) is 6.15. The van der Waals surface area contributed by atoms with Crippen molar-refractivity contribution in [2.24, 2.45) is 5.73 Å². The molecule has 0 spiro atoms. The van der Waals surface area contributed by atoms with Gasteiger partial charge in [-0.25, -0.2) is 0 Å². The molecule has 4 heteroatoms. The fourth-order valence-electron chi connectivity index (χ4n) is 3.27. The Morgan fingerprint density at radius 2 is 1.85 bits per heavy atom. The first-order valence-electron chi connectivity index (χ1n) is 7.59. The van der Waals surface area contributed by atoms with Gasteiger partial charge in [-0.05, 0) is 31.4 Å². The predicted molar refractivity (Wildman–Crippen MR) is 82.4 cm³/mol. The molecule has 0 unspecified atom stereocenters. The minimum atomic E-state index is 0.104. The number of benzene rings is 1. The molecule has 0 radical (unpaired) electrons. The van der Waals surface area contributed by atoms with E-state index < -0.39 is 0 Å². The monoisotopic (exact) mass is 275 g/mol. The molecule has 1 aliphatic carbocycles. The molecule has 1 saturated heterocycles. The molecule has 1 aromatic carbocycles. The minimum Gasteiger partial charge on any atom is -0.495 e. The number of piperazine rings is 1. The summed E-state index contributed by atoms with van der Waals surface area (Å²) in [5.41, 5.74) is 7.66. The lowest BCUT2D eigenvalue weighted by atomic mass is 9.77. The van der Waals surface area contributed by atoms with E-state index in [1.807, 2.05) is 12.1 Å². The van der Waals surface area contributed by atoms with E-state index in [-0.39, 0.29) is 5.54 Å². The normalized spacial score (nSPS) is 22.4. The third kappa shape index (κ3) is 2.76. The Bertz CT molecular complexity index is 451. The Morgan fingerprint density at radius 1 is 1.15 bits per heavy atom. The zero-order valence-corrected chi connectivity index (χ0v) is 12.3. The molecule has 2 aliphatic rings. The number of nitrogens with two attached hydrogens (primary N) is 1. The lowest BCUT2D eigenvalue weighted by Crippen LogP contribution is -2.58. The van der Waals surface area contributed by atoms with Crippen molar-refractivity contribution in [2.45, 2.75) is 24.8 Å². The maximum atomic E-state index is 6.35. The van der Waals surface area contributed by atoms with Gasteiger partial charge in [-0.3, -0.25) is 4.90 Å². The van der Waals surface area contributed by atoms with Crippen LogP contribution in [0, 0.1) is 0 Å². The van der Waals surface area contributed by atoms with Gasteiger partial charge in [0.25, 0.3) is 0 Å². The smallest absolute Gasteiger partial charge is 0.142 e. The van der Waals surface area contributed by atoms with Crippen molar-refractivity contribution in [3.8, 4) is 5.75 Å². The standard InChI is InChI=1S/C16H25N3O/c1-20-15-6-3-2-5-14(15)19-11-9-18(10-12-19)13-16(17)7-4-8-16/h2-3,5-6H,4,7-13,17H2,1H3. The Balaban J connectivity index is 1.58. The van der Waals surface area contributed by atoms with E-state index in [1.165, 1.54) is 24.9 Å². The number of rotatable bonds is 4. The molecule has 0 amide bonds. The third-order valence-electron chi connectivity index (χ3n) is 4.69. The highest BCUT2D eigenvalue weighted by Gasteiger charge is 2.35. The molecule has 2 fully saturated rings. The molecule has 4 nitrogen and oxygen atoms in total. The predicted octanol–water partition coefficient (Wildman–Crippen LogP) is 1.70. The molecule has 110 valence electrons. The van der Waals surface area contributed by atoms with Gasteiger partial charge in [0.2, 0.25) is 0 Å². The summed E-state index contributed by atoms with van der Waals surface area (Å²) in [6, 6.07) is 8.27. The van der Waals surface area contributed by atoms with Crippen LogP contribution in [0.1, 0.15) is 19.3 Å². The summed E-state index contributed by atoms with van der Waals surface area (Å²) < 4.78 is 5.46. The summed E-state index contributed by atoms with van der Waals surface area (Å²) in [5, 5.41) is 0. The summed E-state index contributed by atoms with van der Waals surface area (Å²) in [6.07, 6.45) is 3.69. The Kier molecular flexibility index (Phi) is 3.85. The minimum absolute atomic E-state index is 0.104. The van der Waals surface area contributed by atoms with Gasteiger partial charge in [0.1, 0.15) is 5.75 Å². The van der Waals surface area contributed by atoms with E-state index in [2.05, 4.69) is 21.9 Å². The average Bonchev–Trinajstić information content (AvgIpc) is 2.46. The molecule has 1 heterocycles. The van der Waals surface area contributed by atoms with Gasteiger partial charge in [0.05, 0.1) is 12.8 Å². The summed E-state index contributed by atoms with van der Waals surface area (Å²) in [4.78, 5) is 4.93. The highest BCUT2D eigenvalue weighted by Crippen LogP contribution is 2.31. The molecule has 2 N–H and O–H groups in total. The van der Waals surface area contributed by atoms with Gasteiger partial charge in [0, 0.05) is 38.3 Å². The van der Waals surface area contributed by atoms with Gasteiger partial charge in [-0.2, -0.15) is 0 Å². The van der Waals surface area contributed by atoms with Crippen LogP contribution in [0.25, 0.3) is 0 Å². The van der Waals surface area contributed by atoms with Crippen molar-refractivity contribution in [3.05, 3.63) is 24.3 Å². The number of ether oxygens (including phenoxy) is 1. The molecule has 1 saturated carbocycles. The fraction of sp³-hybridized carbons (Fsp3) is 0.625. The van der Waals surface area contributed by atoms with Crippen LogP contribution in [-0.4, -0.2) is 50.3 Å². The van der Waals surface area contributed by atoms with E-state index in [4.69, 9.17) is 10.5 Å². The van der Waals surface area contributed by atoms with Crippen molar-refractivity contribution in [2.75, 3.05) is 44.7 Å². The highest BCUT2D eigenvalue weighted by atomic mass is 16.5. The van der Waals surface area contributed by atoms with Crippen molar-refractivity contribution in [3.63, 3.8) is 0 Å². The van der Waals surface area contributed by atoms with Crippen LogP contribution in [-0.2, 0) is 0 Å². The SMILES string of the molecule is COc1ccccc1N1CCN(CC2(N)CCC2)CC1. The lowest BCUT2D eigenvalue weighted by molar-refractivity contribution is 0.139. The largest absolute Gasteiger partial charge is 0.495 e. The van der Waals surface area contributed by atoms with E-state index in [9.17, 15) is 0 Å². The van der Waals surface area contributed by atoms with Crippen LogP contribution >= 0.6 is 0 Å². The van der Waals surface area contributed by atoms with Crippen LogP contribution in [0.5, 0.6) is 5.75 Å². The topological polar surface area (TPSA) is 41.7 Å². The molecule has 0 atom stereocenters. The summed E-state index contributed by atoms with van der Waals surface area (Å²) in [6.45, 7) is 5.35. The second-order valence-corrected chi connectivity index (χ2v) is 6.15. The van der Waals surface area contributed by atoms with Gasteiger partial charge >= 0.3 is 0 Å². The molecule has 20 heavy (non-hydrogen) atoms. The summed E-state index contributed by atoms with van der Waals surface area (Å²) >= 11 is 0. The summed E-state index contributed by atoms with van der Waals surface area (Å²) in [5.74, 6) is 0.968. The second kappa shape index (κ2) is 5.62. The number of nitrogens with zero attached hydrogens (tertiary/aromatic N) is 2. The van der Waals surface area contributed by atoms with E-state index in [0.29, 0.717) is 0 Å². The number of para-hydroxylation sites is 2. The van der Waals surface area contributed by atoms with Crippen LogP contribution in [0.3, 0.4) is 0 Å². The van der Waals surface area contributed by atoms with Crippen LogP contribution in [0.4, 0.5) is 5.69 Å². The molecule has 3 rings (SSSR count). The zero-order valence-electron chi connectivity index (χ0n) is 12.3. The quantitative estimate of drug-likeness (QED) is 0.908. The van der Waals surface area contributed by atoms with Crippen molar-refractivity contribution in [1.29, 1.82) is 0 Å². The maximum absolute atomic E-state index is 6.35. The molecule has 1 aromatic rings. The van der Waals surface area contributed by atoms with E-state index in [1.54, 1.807) is 7.11 Å². The number of anilines is 1. The van der Waals surface area contributed by atoms with Crippen LogP contribution in [0.15, 0.2) is 24.3 Å². The van der Waals surface area contributed by atoms with E-state index >= 15 is 0 Å². The van der Waals surface area contributed by atoms with E-state index in [0.717, 1.165) is 38.5 Å². The van der Waals surface area contributed by atoms with Crippen LogP contribution in [0.2, 0.25) is 0 Å². The highest BCUT2D eigenvalue weighted by molar-refractivity contribution is 5.58. The zero-order chi connectivity index (χ0) is 14.0. The Hall–Kier alpha value is -1.26. The average molecular weight is 275 g/mol. The fourth-order valence-corrected chi connectivity index (χ4v) is 3.27. The molecule has 0 bridgehead atoms. The Morgan fingerprint density at radius 3 is 2.45 bits per heavy atom. The first kappa shape index (κ1) is 13.7. The lowest BCUT2D eigenvalue weighted by Gasteiger charge is -2.45. The molecular formula is C16H25N3O. The van der Waals surface area contributed by atoms with Gasteiger partial charge in [-0.15, -0.1) is 0 Å². The first-order valence-corrected chi connectivity index (χ1v) is 7.59. The van der Waals surface area contributed by atoms with Crippen molar-refractivity contribution < 1.29 is 4.74 Å². The molecular weight excluding hydrogens is 250 g/mol. The number of hydrogen-bond donors (Lipinski definition) is 1. The van der Waals surface area contributed by atoms with Crippen molar-refractivity contribution >= 4 is 5.69 Å². The molecule has 1 aliphatic heterocycles. The van der Waals surface area contributed by atoms with Gasteiger partial charge in [0.15, 0.2) is 0 Å². The van der Waals surface area contributed by atoms with Gasteiger partial charge in [-0.1, -0.05) is 12.1 Å². The number of methoxy groups -OCH3 is 1.